The van der Waals surface area contributed by atoms with Crippen molar-refractivity contribution in [2.75, 3.05) is 5.32 Å². The summed E-state index contributed by atoms with van der Waals surface area (Å²) >= 11 is 1.42. The molecule has 2 heterocycles. The Bertz CT molecular complexity index is 546. The lowest BCUT2D eigenvalue weighted by Gasteiger charge is -2.01. The first-order valence-electron chi connectivity index (χ1n) is 5.52. The molecular weight excluding hydrogens is 252 g/mol. The Labute approximate surface area is 108 Å². The van der Waals surface area contributed by atoms with E-state index in [1.165, 1.54) is 16.0 Å². The van der Waals surface area contributed by atoms with E-state index < -0.39 is 0 Å². The van der Waals surface area contributed by atoms with E-state index in [2.05, 4.69) is 39.7 Å². The zero-order valence-electron chi connectivity index (χ0n) is 10.4. The van der Waals surface area contributed by atoms with Gasteiger partial charge in [0.2, 0.25) is 5.91 Å². The quantitative estimate of drug-likeness (QED) is 0.891. The SMILES string of the molecule is CC(C)c1csc(NC(=O)Cc2nnnn2C)n1. The molecule has 1 N–H and O–H groups in total. The van der Waals surface area contributed by atoms with E-state index in [9.17, 15) is 4.79 Å². The minimum atomic E-state index is -0.169. The fourth-order valence-electron chi connectivity index (χ4n) is 1.31. The van der Waals surface area contributed by atoms with Crippen LogP contribution in [0.1, 0.15) is 31.3 Å². The van der Waals surface area contributed by atoms with E-state index >= 15 is 0 Å². The molecule has 1 amide bonds. The summed E-state index contributed by atoms with van der Waals surface area (Å²) < 4.78 is 1.47. The van der Waals surface area contributed by atoms with E-state index in [1.54, 1.807) is 7.05 Å². The molecular formula is C10H14N6OS. The van der Waals surface area contributed by atoms with Crippen LogP contribution in [-0.4, -0.2) is 31.1 Å². The number of carbonyl (C=O) groups excluding carboxylic acids is 1. The maximum absolute atomic E-state index is 11.8. The lowest BCUT2D eigenvalue weighted by Crippen LogP contribution is -2.17. The molecule has 0 aromatic carbocycles. The van der Waals surface area contributed by atoms with Gasteiger partial charge in [0.05, 0.1) is 12.1 Å². The standard InChI is InChI=1S/C10H14N6OS/c1-6(2)7-5-18-10(11-7)12-9(17)4-8-13-14-15-16(8)3/h5-6H,4H2,1-3H3,(H,11,12,17). The van der Waals surface area contributed by atoms with Gasteiger partial charge in [0.1, 0.15) is 0 Å². The highest BCUT2D eigenvalue weighted by Gasteiger charge is 2.12. The Hall–Kier alpha value is -1.83. The summed E-state index contributed by atoms with van der Waals surface area (Å²) in [6.45, 7) is 4.12. The van der Waals surface area contributed by atoms with Crippen LogP contribution >= 0.6 is 11.3 Å². The molecule has 8 heteroatoms. The van der Waals surface area contributed by atoms with Crippen molar-refractivity contribution in [3.63, 3.8) is 0 Å². The lowest BCUT2D eigenvalue weighted by molar-refractivity contribution is -0.115. The molecule has 0 atom stereocenters. The van der Waals surface area contributed by atoms with Crippen molar-refractivity contribution in [3.8, 4) is 0 Å². The molecule has 0 radical (unpaired) electrons. The molecule has 0 aliphatic rings. The number of thiazole rings is 1. The van der Waals surface area contributed by atoms with Gasteiger partial charge in [0.25, 0.3) is 0 Å². The highest BCUT2D eigenvalue weighted by Crippen LogP contribution is 2.21. The van der Waals surface area contributed by atoms with Crippen molar-refractivity contribution in [2.45, 2.75) is 26.2 Å². The van der Waals surface area contributed by atoms with Gasteiger partial charge in [-0.25, -0.2) is 9.67 Å². The van der Waals surface area contributed by atoms with Crippen molar-refractivity contribution in [3.05, 3.63) is 16.9 Å². The first kappa shape index (κ1) is 12.6. The molecule has 18 heavy (non-hydrogen) atoms. The average Bonchev–Trinajstić information content (AvgIpc) is 2.89. The molecule has 7 nitrogen and oxygen atoms in total. The molecule has 2 aromatic heterocycles. The summed E-state index contributed by atoms with van der Waals surface area (Å²) in [6.07, 6.45) is 0.139. The third-order valence-electron chi connectivity index (χ3n) is 2.39. The van der Waals surface area contributed by atoms with Crippen molar-refractivity contribution in [1.82, 2.24) is 25.2 Å². The number of rotatable bonds is 4. The highest BCUT2D eigenvalue weighted by atomic mass is 32.1. The second-order valence-electron chi connectivity index (χ2n) is 4.18. The summed E-state index contributed by atoms with van der Waals surface area (Å²) in [5.41, 5.74) is 0.982. The van der Waals surface area contributed by atoms with Gasteiger partial charge in [-0.05, 0) is 16.3 Å². The molecule has 0 spiro atoms. The van der Waals surface area contributed by atoms with E-state index in [0.29, 0.717) is 16.9 Å². The number of nitrogens with one attached hydrogen (secondary N) is 1. The zero-order valence-corrected chi connectivity index (χ0v) is 11.2. The number of aromatic nitrogens is 5. The van der Waals surface area contributed by atoms with Crippen LogP contribution in [0.15, 0.2) is 5.38 Å². The first-order chi connectivity index (χ1) is 8.56. The van der Waals surface area contributed by atoms with Crippen molar-refractivity contribution in [2.24, 2.45) is 7.05 Å². The monoisotopic (exact) mass is 266 g/mol. The molecule has 96 valence electrons. The van der Waals surface area contributed by atoms with Crippen LogP contribution in [0.25, 0.3) is 0 Å². The molecule has 2 rings (SSSR count). The van der Waals surface area contributed by atoms with Gasteiger partial charge in [-0.2, -0.15) is 0 Å². The Kier molecular flexibility index (Phi) is 3.66. The third kappa shape index (κ3) is 2.89. The van der Waals surface area contributed by atoms with Crippen LogP contribution in [0.3, 0.4) is 0 Å². The minimum absolute atomic E-state index is 0.139. The zero-order chi connectivity index (χ0) is 13.1. The number of tetrazole rings is 1. The van der Waals surface area contributed by atoms with Gasteiger partial charge in [-0.3, -0.25) is 4.79 Å². The largest absolute Gasteiger partial charge is 0.302 e. The van der Waals surface area contributed by atoms with Crippen LogP contribution in [0, 0.1) is 0 Å². The van der Waals surface area contributed by atoms with Crippen molar-refractivity contribution in [1.29, 1.82) is 0 Å². The van der Waals surface area contributed by atoms with Gasteiger partial charge in [0.15, 0.2) is 11.0 Å². The molecule has 0 aliphatic heterocycles. The van der Waals surface area contributed by atoms with Gasteiger partial charge < -0.3 is 5.32 Å². The molecule has 0 unspecified atom stereocenters. The Morgan fingerprint density at radius 2 is 2.33 bits per heavy atom. The summed E-state index contributed by atoms with van der Waals surface area (Å²) in [5.74, 6) is 0.709. The number of nitrogens with zero attached hydrogens (tertiary/aromatic N) is 5. The number of hydrogen-bond acceptors (Lipinski definition) is 6. The number of amides is 1. The summed E-state index contributed by atoms with van der Waals surface area (Å²) in [6, 6.07) is 0. The predicted octanol–water partition coefficient (Wildman–Crippen LogP) is 0.971. The summed E-state index contributed by atoms with van der Waals surface area (Å²) in [7, 11) is 1.70. The van der Waals surface area contributed by atoms with E-state index in [4.69, 9.17) is 0 Å². The van der Waals surface area contributed by atoms with E-state index in [1.807, 2.05) is 5.38 Å². The molecule has 0 aliphatic carbocycles. The maximum Gasteiger partial charge on any atom is 0.233 e. The fourth-order valence-corrected chi connectivity index (χ4v) is 2.20. The molecule has 0 bridgehead atoms. The van der Waals surface area contributed by atoms with Crippen LogP contribution < -0.4 is 5.32 Å². The summed E-state index contributed by atoms with van der Waals surface area (Å²) in [5, 5.41) is 16.2. The van der Waals surface area contributed by atoms with E-state index in [0.717, 1.165) is 5.69 Å². The van der Waals surface area contributed by atoms with Crippen LogP contribution in [0.2, 0.25) is 0 Å². The summed E-state index contributed by atoms with van der Waals surface area (Å²) in [4.78, 5) is 16.1. The first-order valence-corrected chi connectivity index (χ1v) is 6.40. The Balaban J connectivity index is 1.97. The van der Waals surface area contributed by atoms with Crippen molar-refractivity contribution < 1.29 is 4.79 Å². The van der Waals surface area contributed by atoms with Gasteiger partial charge in [-0.1, -0.05) is 13.8 Å². The van der Waals surface area contributed by atoms with Gasteiger partial charge in [-0.15, -0.1) is 16.4 Å². The van der Waals surface area contributed by atoms with Crippen LogP contribution in [-0.2, 0) is 18.3 Å². The number of hydrogen-bond donors (Lipinski definition) is 1. The number of aryl methyl sites for hydroxylation is 1. The highest BCUT2D eigenvalue weighted by molar-refractivity contribution is 7.13. The normalized spacial score (nSPS) is 10.9. The second kappa shape index (κ2) is 5.21. The molecule has 0 saturated heterocycles. The smallest absolute Gasteiger partial charge is 0.233 e. The van der Waals surface area contributed by atoms with E-state index in [-0.39, 0.29) is 12.3 Å². The fraction of sp³-hybridized carbons (Fsp3) is 0.500. The lowest BCUT2D eigenvalue weighted by atomic mass is 10.2. The molecule has 0 saturated carbocycles. The third-order valence-corrected chi connectivity index (χ3v) is 3.16. The molecule has 2 aromatic rings. The number of carbonyl (C=O) groups is 1. The second-order valence-corrected chi connectivity index (χ2v) is 5.03. The van der Waals surface area contributed by atoms with Crippen LogP contribution in [0.5, 0.6) is 0 Å². The average molecular weight is 266 g/mol. The van der Waals surface area contributed by atoms with Crippen molar-refractivity contribution >= 4 is 22.4 Å². The Morgan fingerprint density at radius 3 is 2.89 bits per heavy atom. The number of anilines is 1. The predicted molar refractivity (Wildman–Crippen MR) is 67.3 cm³/mol. The van der Waals surface area contributed by atoms with Gasteiger partial charge >= 0.3 is 0 Å². The topological polar surface area (TPSA) is 85.6 Å². The maximum atomic E-state index is 11.8. The van der Waals surface area contributed by atoms with Gasteiger partial charge in [0, 0.05) is 12.4 Å². The molecule has 0 fully saturated rings. The van der Waals surface area contributed by atoms with Crippen LogP contribution in [0.4, 0.5) is 5.13 Å². The Morgan fingerprint density at radius 1 is 1.56 bits per heavy atom. The minimum Gasteiger partial charge on any atom is -0.302 e.